The van der Waals surface area contributed by atoms with Crippen LogP contribution in [0.3, 0.4) is 0 Å². The summed E-state index contributed by atoms with van der Waals surface area (Å²) in [6, 6.07) is 10.5. The van der Waals surface area contributed by atoms with E-state index in [9.17, 15) is 4.79 Å². The number of rotatable bonds is 2. The molecule has 0 bridgehead atoms. The highest BCUT2D eigenvalue weighted by Crippen LogP contribution is 2.20. The first-order valence-corrected chi connectivity index (χ1v) is 6.43. The number of benzene rings is 1. The van der Waals surface area contributed by atoms with Gasteiger partial charge in [0.25, 0.3) is 5.91 Å². The van der Waals surface area contributed by atoms with Crippen molar-refractivity contribution in [3.05, 3.63) is 57.3 Å². The monoisotopic (exact) mass is 324 g/mol. The SMILES string of the molecule is Cc1ccc(NC(=O)c2cccc(Br)n2)cc1Cl. The van der Waals surface area contributed by atoms with Gasteiger partial charge in [0.1, 0.15) is 10.3 Å². The summed E-state index contributed by atoms with van der Waals surface area (Å²) < 4.78 is 0.622. The molecular formula is C13H10BrClN2O. The fraction of sp³-hybridized carbons (Fsp3) is 0.0769. The third-order valence-corrected chi connectivity index (χ3v) is 3.23. The lowest BCUT2D eigenvalue weighted by molar-refractivity contribution is 0.102. The van der Waals surface area contributed by atoms with Crippen LogP contribution in [0.15, 0.2) is 41.0 Å². The second kappa shape index (κ2) is 5.50. The summed E-state index contributed by atoms with van der Waals surface area (Å²) in [6.45, 7) is 1.91. The quantitative estimate of drug-likeness (QED) is 0.846. The minimum absolute atomic E-state index is 0.267. The Morgan fingerprint density at radius 3 is 2.78 bits per heavy atom. The molecule has 2 rings (SSSR count). The first-order valence-electron chi connectivity index (χ1n) is 5.26. The smallest absolute Gasteiger partial charge is 0.274 e. The van der Waals surface area contributed by atoms with Crippen molar-refractivity contribution in [2.45, 2.75) is 6.92 Å². The van der Waals surface area contributed by atoms with Gasteiger partial charge < -0.3 is 5.32 Å². The first kappa shape index (κ1) is 13.1. The molecule has 0 spiro atoms. The molecule has 0 atom stereocenters. The van der Waals surface area contributed by atoms with Crippen molar-refractivity contribution in [1.82, 2.24) is 4.98 Å². The van der Waals surface area contributed by atoms with E-state index < -0.39 is 0 Å². The number of carbonyl (C=O) groups excluding carboxylic acids is 1. The third kappa shape index (κ3) is 3.09. The Labute approximate surface area is 118 Å². The number of aryl methyl sites for hydroxylation is 1. The molecule has 0 radical (unpaired) electrons. The maximum Gasteiger partial charge on any atom is 0.274 e. The summed E-state index contributed by atoms with van der Waals surface area (Å²) in [4.78, 5) is 16.0. The van der Waals surface area contributed by atoms with Crippen molar-refractivity contribution in [1.29, 1.82) is 0 Å². The predicted molar refractivity (Wildman–Crippen MR) is 76.1 cm³/mol. The average Bonchev–Trinajstić information content (AvgIpc) is 2.34. The Bertz CT molecular complexity index is 601. The number of aromatic nitrogens is 1. The fourth-order valence-electron chi connectivity index (χ4n) is 1.40. The van der Waals surface area contributed by atoms with E-state index in [2.05, 4.69) is 26.2 Å². The number of hydrogen-bond acceptors (Lipinski definition) is 2. The van der Waals surface area contributed by atoms with Gasteiger partial charge in [0.15, 0.2) is 0 Å². The molecule has 2 aromatic rings. The van der Waals surface area contributed by atoms with Gasteiger partial charge >= 0.3 is 0 Å². The highest BCUT2D eigenvalue weighted by Gasteiger charge is 2.08. The number of halogens is 2. The minimum Gasteiger partial charge on any atom is -0.321 e. The van der Waals surface area contributed by atoms with E-state index in [-0.39, 0.29) is 5.91 Å². The second-order valence-corrected chi connectivity index (χ2v) is 4.98. The number of pyridine rings is 1. The van der Waals surface area contributed by atoms with Crippen LogP contribution in [0.25, 0.3) is 0 Å². The minimum atomic E-state index is -0.267. The Hall–Kier alpha value is -1.39. The molecule has 18 heavy (non-hydrogen) atoms. The lowest BCUT2D eigenvalue weighted by Gasteiger charge is -2.06. The van der Waals surface area contributed by atoms with Crippen LogP contribution in [-0.2, 0) is 0 Å². The molecule has 92 valence electrons. The normalized spacial score (nSPS) is 10.2. The van der Waals surface area contributed by atoms with Crippen molar-refractivity contribution in [2.24, 2.45) is 0 Å². The van der Waals surface area contributed by atoms with E-state index in [0.717, 1.165) is 5.56 Å². The topological polar surface area (TPSA) is 42.0 Å². The van der Waals surface area contributed by atoms with Gasteiger partial charge in [0.05, 0.1) is 0 Å². The largest absolute Gasteiger partial charge is 0.321 e. The summed E-state index contributed by atoms with van der Waals surface area (Å²) in [5, 5.41) is 3.37. The summed E-state index contributed by atoms with van der Waals surface area (Å²) in [5.74, 6) is -0.267. The van der Waals surface area contributed by atoms with Gasteiger partial charge in [-0.05, 0) is 52.7 Å². The Balaban J connectivity index is 2.18. The molecule has 3 nitrogen and oxygen atoms in total. The number of anilines is 1. The molecular weight excluding hydrogens is 316 g/mol. The van der Waals surface area contributed by atoms with Crippen LogP contribution in [0, 0.1) is 6.92 Å². The summed E-state index contributed by atoms with van der Waals surface area (Å²) >= 11 is 9.22. The zero-order chi connectivity index (χ0) is 13.1. The number of carbonyl (C=O) groups is 1. The molecule has 5 heteroatoms. The summed E-state index contributed by atoms with van der Waals surface area (Å²) in [7, 11) is 0. The highest BCUT2D eigenvalue weighted by molar-refractivity contribution is 9.10. The Morgan fingerprint density at radius 1 is 1.33 bits per heavy atom. The van der Waals surface area contributed by atoms with Gasteiger partial charge in [0, 0.05) is 10.7 Å². The van der Waals surface area contributed by atoms with Crippen molar-refractivity contribution in [2.75, 3.05) is 5.32 Å². The van der Waals surface area contributed by atoms with E-state index >= 15 is 0 Å². The average molecular weight is 326 g/mol. The fourth-order valence-corrected chi connectivity index (χ4v) is 1.92. The summed E-state index contributed by atoms with van der Waals surface area (Å²) in [6.07, 6.45) is 0. The maximum atomic E-state index is 11.9. The third-order valence-electron chi connectivity index (χ3n) is 2.38. The van der Waals surface area contributed by atoms with E-state index in [1.165, 1.54) is 0 Å². The van der Waals surface area contributed by atoms with E-state index in [0.29, 0.717) is 21.0 Å². The van der Waals surface area contributed by atoms with Crippen LogP contribution in [0.5, 0.6) is 0 Å². The van der Waals surface area contributed by atoms with E-state index in [1.807, 2.05) is 13.0 Å². The number of nitrogens with one attached hydrogen (secondary N) is 1. The molecule has 0 saturated heterocycles. The molecule has 0 saturated carbocycles. The van der Waals surface area contributed by atoms with Gasteiger partial charge in [-0.2, -0.15) is 0 Å². The number of nitrogens with zero attached hydrogens (tertiary/aromatic N) is 1. The first-order chi connectivity index (χ1) is 8.56. The standard InChI is InChI=1S/C13H10BrClN2O/c1-8-5-6-9(7-10(8)15)16-13(18)11-3-2-4-12(14)17-11/h2-7H,1H3,(H,16,18). The Morgan fingerprint density at radius 2 is 2.11 bits per heavy atom. The zero-order valence-corrected chi connectivity index (χ0v) is 11.9. The van der Waals surface area contributed by atoms with Crippen LogP contribution < -0.4 is 5.32 Å². The van der Waals surface area contributed by atoms with Crippen LogP contribution in [0.1, 0.15) is 16.1 Å². The van der Waals surface area contributed by atoms with E-state index in [1.54, 1.807) is 30.3 Å². The molecule has 0 unspecified atom stereocenters. The molecule has 0 aliphatic heterocycles. The molecule has 0 aliphatic carbocycles. The molecule has 1 aromatic heterocycles. The van der Waals surface area contributed by atoms with Gasteiger partial charge in [0.2, 0.25) is 0 Å². The predicted octanol–water partition coefficient (Wildman–Crippen LogP) is 4.06. The van der Waals surface area contributed by atoms with Gasteiger partial charge in [-0.1, -0.05) is 23.7 Å². The van der Waals surface area contributed by atoms with Crippen LogP contribution in [0.4, 0.5) is 5.69 Å². The number of amides is 1. The molecule has 1 amide bonds. The van der Waals surface area contributed by atoms with Gasteiger partial charge in [-0.15, -0.1) is 0 Å². The lowest BCUT2D eigenvalue weighted by Crippen LogP contribution is -2.13. The molecule has 0 aliphatic rings. The molecule has 0 fully saturated rings. The maximum absolute atomic E-state index is 11.9. The zero-order valence-electron chi connectivity index (χ0n) is 9.58. The van der Waals surface area contributed by atoms with E-state index in [4.69, 9.17) is 11.6 Å². The number of hydrogen-bond donors (Lipinski definition) is 1. The van der Waals surface area contributed by atoms with Crippen molar-refractivity contribution >= 4 is 39.1 Å². The van der Waals surface area contributed by atoms with Crippen molar-refractivity contribution < 1.29 is 4.79 Å². The van der Waals surface area contributed by atoms with Crippen LogP contribution in [0.2, 0.25) is 5.02 Å². The van der Waals surface area contributed by atoms with Crippen LogP contribution >= 0.6 is 27.5 Å². The van der Waals surface area contributed by atoms with Crippen LogP contribution in [-0.4, -0.2) is 10.9 Å². The highest BCUT2D eigenvalue weighted by atomic mass is 79.9. The van der Waals surface area contributed by atoms with Gasteiger partial charge in [-0.25, -0.2) is 4.98 Å². The lowest BCUT2D eigenvalue weighted by atomic mass is 10.2. The van der Waals surface area contributed by atoms with Crippen molar-refractivity contribution in [3.8, 4) is 0 Å². The van der Waals surface area contributed by atoms with Crippen molar-refractivity contribution in [3.63, 3.8) is 0 Å². The van der Waals surface area contributed by atoms with Gasteiger partial charge in [-0.3, -0.25) is 4.79 Å². The molecule has 1 heterocycles. The Kier molecular flexibility index (Phi) is 3.99. The molecule has 1 aromatic carbocycles. The second-order valence-electron chi connectivity index (χ2n) is 3.76. The summed E-state index contributed by atoms with van der Waals surface area (Å²) in [5.41, 5.74) is 1.97. The molecule has 1 N–H and O–H groups in total.